The average Bonchev–Trinajstić information content (AvgIpc) is 2.31. The van der Waals surface area contributed by atoms with Gasteiger partial charge in [0.1, 0.15) is 17.5 Å². The fraction of sp³-hybridized carbons (Fsp3) is 0.364. The van der Waals surface area contributed by atoms with Crippen molar-refractivity contribution in [2.24, 2.45) is 5.73 Å². The predicted octanol–water partition coefficient (Wildman–Crippen LogP) is 1.86. The molecule has 0 radical (unpaired) electrons. The Morgan fingerprint density at radius 2 is 2.06 bits per heavy atom. The fourth-order valence-corrected chi connectivity index (χ4v) is 2.09. The number of hydrogen-bond acceptors (Lipinski definition) is 4. The number of rotatable bonds is 4. The highest BCUT2D eigenvalue weighted by atomic mass is 79.9. The van der Waals surface area contributed by atoms with E-state index in [9.17, 15) is 4.79 Å². The molecular formula is C11H14BrNO4. The monoisotopic (exact) mass is 303 g/mol. The van der Waals surface area contributed by atoms with E-state index in [1.807, 2.05) is 6.92 Å². The van der Waals surface area contributed by atoms with E-state index >= 15 is 0 Å². The van der Waals surface area contributed by atoms with Gasteiger partial charge in [-0.05, 0) is 28.9 Å². The summed E-state index contributed by atoms with van der Waals surface area (Å²) in [5.74, 6) is -0.149. The van der Waals surface area contributed by atoms with Crippen molar-refractivity contribution in [1.29, 1.82) is 0 Å². The van der Waals surface area contributed by atoms with Crippen molar-refractivity contribution in [3.05, 3.63) is 21.7 Å². The van der Waals surface area contributed by atoms with E-state index in [1.165, 1.54) is 14.2 Å². The molecule has 6 heteroatoms. The van der Waals surface area contributed by atoms with Gasteiger partial charge in [-0.3, -0.25) is 4.79 Å². The van der Waals surface area contributed by atoms with Crippen molar-refractivity contribution in [1.82, 2.24) is 0 Å². The Bertz CT molecular complexity index is 448. The van der Waals surface area contributed by atoms with Crippen LogP contribution in [0.2, 0.25) is 0 Å². The van der Waals surface area contributed by atoms with Crippen LogP contribution >= 0.6 is 15.9 Å². The van der Waals surface area contributed by atoms with E-state index in [0.717, 1.165) is 5.56 Å². The zero-order valence-electron chi connectivity index (χ0n) is 9.78. The van der Waals surface area contributed by atoms with Crippen LogP contribution in [0.1, 0.15) is 17.2 Å². The first kappa shape index (κ1) is 13.8. The average molecular weight is 304 g/mol. The zero-order valence-corrected chi connectivity index (χ0v) is 11.4. The molecule has 0 aliphatic carbocycles. The van der Waals surface area contributed by atoms with Crippen LogP contribution in [-0.4, -0.2) is 25.3 Å². The number of nitrogens with two attached hydrogens (primary N) is 1. The Hall–Kier alpha value is -1.27. The molecule has 0 heterocycles. The molecule has 3 N–H and O–H groups in total. The molecule has 1 atom stereocenters. The molecule has 0 amide bonds. The van der Waals surface area contributed by atoms with Gasteiger partial charge in [0.2, 0.25) is 0 Å². The lowest BCUT2D eigenvalue weighted by atomic mass is 10.0. The minimum atomic E-state index is -1.16. The summed E-state index contributed by atoms with van der Waals surface area (Å²) < 4.78 is 11.0. The van der Waals surface area contributed by atoms with Gasteiger partial charge >= 0.3 is 5.97 Å². The second-order valence-corrected chi connectivity index (χ2v) is 4.25. The summed E-state index contributed by atoms with van der Waals surface area (Å²) in [5, 5.41) is 8.94. The van der Waals surface area contributed by atoms with Gasteiger partial charge < -0.3 is 20.3 Å². The van der Waals surface area contributed by atoms with Crippen LogP contribution in [-0.2, 0) is 4.79 Å². The third-order valence-electron chi connectivity index (χ3n) is 2.47. The Balaban J connectivity index is 3.47. The Labute approximate surface area is 108 Å². The fourth-order valence-electron chi connectivity index (χ4n) is 1.50. The molecule has 1 unspecified atom stereocenters. The van der Waals surface area contributed by atoms with E-state index < -0.39 is 12.0 Å². The third-order valence-corrected chi connectivity index (χ3v) is 3.43. The smallest absolute Gasteiger partial charge is 0.325 e. The van der Waals surface area contributed by atoms with Crippen molar-refractivity contribution in [2.75, 3.05) is 14.2 Å². The molecule has 0 aliphatic rings. The number of carboxylic acids is 1. The molecule has 17 heavy (non-hydrogen) atoms. The first-order chi connectivity index (χ1) is 7.93. The Morgan fingerprint density at radius 3 is 2.47 bits per heavy atom. The summed E-state index contributed by atoms with van der Waals surface area (Å²) in [7, 11) is 2.97. The maximum atomic E-state index is 10.9. The van der Waals surface area contributed by atoms with Crippen molar-refractivity contribution in [3.8, 4) is 11.5 Å². The van der Waals surface area contributed by atoms with E-state index in [1.54, 1.807) is 6.07 Å². The maximum Gasteiger partial charge on any atom is 0.325 e. The largest absolute Gasteiger partial charge is 0.496 e. The number of hydrogen-bond donors (Lipinski definition) is 2. The maximum absolute atomic E-state index is 10.9. The van der Waals surface area contributed by atoms with Crippen LogP contribution in [0.3, 0.4) is 0 Å². The predicted molar refractivity (Wildman–Crippen MR) is 66.5 cm³/mol. The summed E-state index contributed by atoms with van der Waals surface area (Å²) in [6.45, 7) is 1.83. The van der Waals surface area contributed by atoms with Crippen LogP contribution in [0.25, 0.3) is 0 Å². The highest BCUT2D eigenvalue weighted by Crippen LogP contribution is 2.40. The molecule has 94 valence electrons. The minimum Gasteiger partial charge on any atom is -0.496 e. The van der Waals surface area contributed by atoms with Crippen LogP contribution < -0.4 is 15.2 Å². The van der Waals surface area contributed by atoms with Crippen molar-refractivity contribution in [2.45, 2.75) is 13.0 Å². The summed E-state index contributed by atoms with van der Waals surface area (Å²) in [5.41, 5.74) is 6.80. The Kier molecular flexibility index (Phi) is 4.36. The first-order valence-corrected chi connectivity index (χ1v) is 5.62. The topological polar surface area (TPSA) is 81.8 Å². The summed E-state index contributed by atoms with van der Waals surface area (Å²) in [6, 6.07) is 0.424. The van der Waals surface area contributed by atoms with Crippen LogP contribution in [0.5, 0.6) is 11.5 Å². The molecule has 1 rings (SSSR count). The second kappa shape index (κ2) is 5.37. The quantitative estimate of drug-likeness (QED) is 0.887. The third kappa shape index (κ3) is 2.53. The number of ether oxygens (including phenoxy) is 2. The van der Waals surface area contributed by atoms with Crippen LogP contribution in [0.4, 0.5) is 0 Å². The number of benzene rings is 1. The lowest BCUT2D eigenvalue weighted by Gasteiger charge is -2.17. The molecule has 1 aromatic carbocycles. The lowest BCUT2D eigenvalue weighted by molar-refractivity contribution is -0.138. The normalized spacial score (nSPS) is 12.1. The van der Waals surface area contributed by atoms with Crippen molar-refractivity contribution < 1.29 is 19.4 Å². The van der Waals surface area contributed by atoms with Gasteiger partial charge in [-0.25, -0.2) is 0 Å². The van der Waals surface area contributed by atoms with Crippen molar-refractivity contribution >= 4 is 21.9 Å². The molecule has 5 nitrogen and oxygen atoms in total. The molecule has 0 bridgehead atoms. The number of carbonyl (C=O) groups is 1. The lowest BCUT2D eigenvalue weighted by Crippen LogP contribution is -2.21. The number of halogens is 1. The Morgan fingerprint density at radius 1 is 1.47 bits per heavy atom. The molecule has 0 aliphatic heterocycles. The first-order valence-electron chi connectivity index (χ1n) is 4.83. The molecule has 0 saturated carbocycles. The molecule has 0 saturated heterocycles. The summed E-state index contributed by atoms with van der Waals surface area (Å²) in [4.78, 5) is 10.9. The molecule has 1 aromatic rings. The van der Waals surface area contributed by atoms with Gasteiger partial charge in [-0.1, -0.05) is 0 Å². The van der Waals surface area contributed by atoms with Gasteiger partial charge in [0.15, 0.2) is 0 Å². The van der Waals surface area contributed by atoms with Crippen molar-refractivity contribution in [3.63, 3.8) is 0 Å². The number of carboxylic acid groups (broad SMARTS) is 1. The summed E-state index contributed by atoms with van der Waals surface area (Å²) in [6.07, 6.45) is 0. The van der Waals surface area contributed by atoms with Gasteiger partial charge in [-0.2, -0.15) is 0 Å². The highest BCUT2D eigenvalue weighted by molar-refractivity contribution is 9.10. The van der Waals surface area contributed by atoms with Gasteiger partial charge in [0, 0.05) is 11.1 Å². The zero-order chi connectivity index (χ0) is 13.2. The van der Waals surface area contributed by atoms with Crippen LogP contribution in [0.15, 0.2) is 10.5 Å². The number of methoxy groups -OCH3 is 2. The molecule has 0 fully saturated rings. The van der Waals surface area contributed by atoms with Gasteiger partial charge in [0.25, 0.3) is 0 Å². The second-order valence-electron chi connectivity index (χ2n) is 3.46. The SMILES string of the molecule is COc1cc(C(N)C(=O)O)c(OC)c(Br)c1C. The minimum absolute atomic E-state index is 0.370. The van der Waals surface area contributed by atoms with E-state index in [-0.39, 0.29) is 0 Å². The van der Waals surface area contributed by atoms with Gasteiger partial charge in [-0.15, -0.1) is 0 Å². The molecule has 0 spiro atoms. The highest BCUT2D eigenvalue weighted by Gasteiger charge is 2.23. The molecular weight excluding hydrogens is 290 g/mol. The van der Waals surface area contributed by atoms with Gasteiger partial charge in [0.05, 0.1) is 18.7 Å². The molecule has 0 aromatic heterocycles. The van der Waals surface area contributed by atoms with Crippen LogP contribution in [0, 0.1) is 6.92 Å². The van der Waals surface area contributed by atoms with E-state index in [4.69, 9.17) is 20.3 Å². The van der Waals surface area contributed by atoms with E-state index in [2.05, 4.69) is 15.9 Å². The van der Waals surface area contributed by atoms with E-state index in [0.29, 0.717) is 21.5 Å². The summed E-state index contributed by atoms with van der Waals surface area (Å²) >= 11 is 3.35. The number of aliphatic carboxylic acids is 1. The standard InChI is InChI=1S/C11H14BrNO4/c1-5-7(16-2)4-6(9(13)11(14)15)10(17-3)8(5)12/h4,9H,13H2,1-3H3,(H,14,15).